The van der Waals surface area contributed by atoms with Gasteiger partial charge in [-0.3, -0.25) is 4.90 Å². The molecule has 4 rings (SSSR count). The molecule has 3 aromatic heterocycles. The summed E-state index contributed by atoms with van der Waals surface area (Å²) in [7, 11) is 0. The van der Waals surface area contributed by atoms with E-state index in [-0.39, 0.29) is 0 Å². The Bertz CT molecular complexity index is 755. The van der Waals surface area contributed by atoms with E-state index in [4.69, 9.17) is 0 Å². The van der Waals surface area contributed by atoms with Gasteiger partial charge in [0.05, 0.1) is 23.4 Å². The van der Waals surface area contributed by atoms with Crippen LogP contribution in [-0.4, -0.2) is 30.8 Å². The number of pyridine rings is 1. The van der Waals surface area contributed by atoms with Gasteiger partial charge in [0.15, 0.2) is 0 Å². The molecule has 0 saturated heterocycles. The minimum absolute atomic E-state index is 0.888. The van der Waals surface area contributed by atoms with E-state index in [9.17, 15) is 0 Å². The maximum atomic E-state index is 4.69. The standard InChI is InChI=1S/C15H17N5/c1-11-2-3-15-18-12(8-20(15)6-11)7-19-5-4-13-14(9-19)17-10-16-13/h2-3,6,8,10H,4-5,7,9H2,1H3,(H,16,17). The van der Waals surface area contributed by atoms with Crippen molar-refractivity contribution in [1.82, 2.24) is 24.3 Å². The van der Waals surface area contributed by atoms with Crippen LogP contribution in [0.2, 0.25) is 0 Å². The number of nitrogens with one attached hydrogen (secondary N) is 1. The lowest BCUT2D eigenvalue weighted by Gasteiger charge is -2.24. The van der Waals surface area contributed by atoms with Crippen molar-refractivity contribution in [2.75, 3.05) is 6.54 Å². The lowest BCUT2D eigenvalue weighted by Crippen LogP contribution is -2.30. The molecule has 3 aromatic rings. The van der Waals surface area contributed by atoms with Gasteiger partial charge in [0, 0.05) is 38.4 Å². The number of aryl methyl sites for hydroxylation is 1. The first kappa shape index (κ1) is 11.7. The Labute approximate surface area is 117 Å². The number of hydrogen-bond donors (Lipinski definition) is 1. The number of nitrogens with zero attached hydrogens (tertiary/aromatic N) is 4. The van der Waals surface area contributed by atoms with Crippen LogP contribution in [0.5, 0.6) is 0 Å². The number of H-pyrrole nitrogens is 1. The second-order valence-electron chi connectivity index (χ2n) is 5.49. The van der Waals surface area contributed by atoms with Crippen molar-refractivity contribution in [2.45, 2.75) is 26.4 Å². The lowest BCUT2D eigenvalue weighted by atomic mass is 10.1. The van der Waals surface area contributed by atoms with Crippen LogP contribution in [0, 0.1) is 6.92 Å². The molecule has 5 heteroatoms. The number of rotatable bonds is 2. The Morgan fingerprint density at radius 1 is 1.30 bits per heavy atom. The second-order valence-corrected chi connectivity index (χ2v) is 5.49. The molecule has 1 aliphatic heterocycles. The first-order valence-electron chi connectivity index (χ1n) is 6.96. The van der Waals surface area contributed by atoms with Crippen LogP contribution in [0.1, 0.15) is 22.6 Å². The fourth-order valence-corrected chi connectivity index (χ4v) is 2.86. The maximum absolute atomic E-state index is 4.69. The average Bonchev–Trinajstić information content (AvgIpc) is 3.03. The quantitative estimate of drug-likeness (QED) is 0.771. The number of imidazole rings is 2. The zero-order valence-corrected chi connectivity index (χ0v) is 11.5. The van der Waals surface area contributed by atoms with Crippen LogP contribution in [0.25, 0.3) is 5.65 Å². The van der Waals surface area contributed by atoms with E-state index in [2.05, 4.69) is 55.7 Å². The third kappa shape index (κ3) is 2.00. The zero-order valence-electron chi connectivity index (χ0n) is 11.5. The molecule has 102 valence electrons. The molecule has 0 aromatic carbocycles. The van der Waals surface area contributed by atoms with E-state index in [0.717, 1.165) is 37.4 Å². The predicted molar refractivity (Wildman–Crippen MR) is 76.3 cm³/mol. The first-order valence-corrected chi connectivity index (χ1v) is 6.96. The number of aromatic nitrogens is 4. The van der Waals surface area contributed by atoms with Gasteiger partial charge in [-0.05, 0) is 18.6 Å². The minimum Gasteiger partial charge on any atom is -0.347 e. The molecule has 0 atom stereocenters. The monoisotopic (exact) mass is 267 g/mol. The molecule has 0 amide bonds. The van der Waals surface area contributed by atoms with E-state index in [1.807, 2.05) is 0 Å². The van der Waals surface area contributed by atoms with E-state index >= 15 is 0 Å². The van der Waals surface area contributed by atoms with Crippen LogP contribution < -0.4 is 0 Å². The molecule has 0 bridgehead atoms. The van der Waals surface area contributed by atoms with Crippen LogP contribution in [0.15, 0.2) is 30.9 Å². The molecule has 0 fully saturated rings. The van der Waals surface area contributed by atoms with E-state index in [0.29, 0.717) is 0 Å². The maximum Gasteiger partial charge on any atom is 0.137 e. The summed E-state index contributed by atoms with van der Waals surface area (Å²) in [5, 5.41) is 0. The highest BCUT2D eigenvalue weighted by Gasteiger charge is 2.18. The van der Waals surface area contributed by atoms with E-state index < -0.39 is 0 Å². The average molecular weight is 267 g/mol. The van der Waals surface area contributed by atoms with Crippen molar-refractivity contribution in [2.24, 2.45) is 0 Å². The van der Waals surface area contributed by atoms with Crippen molar-refractivity contribution >= 4 is 5.65 Å². The Hall–Kier alpha value is -2.14. The number of fused-ring (bicyclic) bond motifs is 2. The molecular formula is C15H17N5. The summed E-state index contributed by atoms with van der Waals surface area (Å²) in [5.41, 5.74) is 5.85. The highest BCUT2D eigenvalue weighted by Crippen LogP contribution is 2.17. The van der Waals surface area contributed by atoms with Crippen molar-refractivity contribution in [3.05, 3.63) is 53.5 Å². The Kier molecular flexibility index (Phi) is 2.60. The molecule has 1 N–H and O–H groups in total. The molecule has 0 saturated carbocycles. The Balaban J connectivity index is 1.56. The van der Waals surface area contributed by atoms with Crippen LogP contribution >= 0.6 is 0 Å². The summed E-state index contributed by atoms with van der Waals surface area (Å²) in [4.78, 5) is 14.7. The van der Waals surface area contributed by atoms with Crippen molar-refractivity contribution in [3.8, 4) is 0 Å². The van der Waals surface area contributed by atoms with Crippen molar-refractivity contribution in [1.29, 1.82) is 0 Å². The summed E-state index contributed by atoms with van der Waals surface area (Å²) in [6.07, 6.45) is 7.06. The van der Waals surface area contributed by atoms with Gasteiger partial charge in [0.2, 0.25) is 0 Å². The van der Waals surface area contributed by atoms with Gasteiger partial charge in [-0.25, -0.2) is 9.97 Å². The molecule has 0 unspecified atom stereocenters. The first-order chi connectivity index (χ1) is 9.78. The summed E-state index contributed by atoms with van der Waals surface area (Å²) in [6, 6.07) is 4.17. The Morgan fingerprint density at radius 3 is 3.20 bits per heavy atom. The second kappa shape index (κ2) is 4.45. The van der Waals surface area contributed by atoms with Crippen LogP contribution in [0.4, 0.5) is 0 Å². The highest BCUT2D eigenvalue weighted by atomic mass is 15.2. The van der Waals surface area contributed by atoms with Gasteiger partial charge in [-0.2, -0.15) is 0 Å². The summed E-state index contributed by atoms with van der Waals surface area (Å²) in [5.74, 6) is 0. The van der Waals surface area contributed by atoms with Gasteiger partial charge in [-0.15, -0.1) is 0 Å². The molecule has 0 radical (unpaired) electrons. The molecule has 0 aliphatic carbocycles. The third-order valence-corrected chi connectivity index (χ3v) is 3.89. The minimum atomic E-state index is 0.888. The van der Waals surface area contributed by atoms with Crippen molar-refractivity contribution in [3.63, 3.8) is 0 Å². The number of hydrogen-bond acceptors (Lipinski definition) is 3. The van der Waals surface area contributed by atoms with Gasteiger partial charge in [0.25, 0.3) is 0 Å². The topological polar surface area (TPSA) is 49.2 Å². The summed E-state index contributed by atoms with van der Waals surface area (Å²) >= 11 is 0. The highest BCUT2D eigenvalue weighted by molar-refractivity contribution is 5.41. The summed E-state index contributed by atoms with van der Waals surface area (Å²) < 4.78 is 2.11. The number of aromatic amines is 1. The van der Waals surface area contributed by atoms with Gasteiger partial charge in [-0.1, -0.05) is 6.07 Å². The van der Waals surface area contributed by atoms with Gasteiger partial charge >= 0.3 is 0 Å². The predicted octanol–water partition coefficient (Wildman–Crippen LogP) is 1.92. The van der Waals surface area contributed by atoms with Crippen molar-refractivity contribution < 1.29 is 0 Å². The van der Waals surface area contributed by atoms with E-state index in [1.54, 1.807) is 6.33 Å². The SMILES string of the molecule is Cc1ccc2nc(CN3CCc4nc[nH]c4C3)cn2c1. The van der Waals surface area contributed by atoms with Gasteiger partial charge in [0.1, 0.15) is 5.65 Å². The molecule has 4 heterocycles. The lowest BCUT2D eigenvalue weighted by molar-refractivity contribution is 0.239. The molecule has 20 heavy (non-hydrogen) atoms. The van der Waals surface area contributed by atoms with Gasteiger partial charge < -0.3 is 9.38 Å². The summed E-state index contributed by atoms with van der Waals surface area (Å²) in [6.45, 7) is 4.97. The molecule has 1 aliphatic rings. The van der Waals surface area contributed by atoms with Crippen LogP contribution in [-0.2, 0) is 19.5 Å². The Morgan fingerprint density at radius 2 is 2.25 bits per heavy atom. The normalized spacial score (nSPS) is 15.7. The molecule has 5 nitrogen and oxygen atoms in total. The molecule has 0 spiro atoms. The largest absolute Gasteiger partial charge is 0.347 e. The van der Waals surface area contributed by atoms with Crippen LogP contribution in [0.3, 0.4) is 0 Å². The third-order valence-electron chi connectivity index (χ3n) is 3.89. The van der Waals surface area contributed by atoms with E-state index in [1.165, 1.54) is 17.0 Å². The smallest absolute Gasteiger partial charge is 0.137 e. The zero-order chi connectivity index (χ0) is 13.5. The fraction of sp³-hybridized carbons (Fsp3) is 0.333. The molecular weight excluding hydrogens is 250 g/mol. The fourth-order valence-electron chi connectivity index (χ4n) is 2.86.